The van der Waals surface area contributed by atoms with Crippen molar-refractivity contribution in [3.05, 3.63) is 48.2 Å². The van der Waals surface area contributed by atoms with Crippen molar-refractivity contribution in [2.75, 3.05) is 0 Å². The summed E-state index contributed by atoms with van der Waals surface area (Å²) < 4.78 is 5.13. The number of oxazole rings is 1. The minimum absolute atomic E-state index is 0.136. The molecule has 1 N–H and O–H groups in total. The Morgan fingerprint density at radius 2 is 2.04 bits per heavy atom. The summed E-state index contributed by atoms with van der Waals surface area (Å²) in [6.07, 6.45) is 5.18. The molecule has 0 saturated carbocycles. The van der Waals surface area contributed by atoms with E-state index in [0.717, 1.165) is 18.4 Å². The van der Waals surface area contributed by atoms with Crippen molar-refractivity contribution in [3.8, 4) is 11.4 Å². The van der Waals surface area contributed by atoms with Crippen LogP contribution < -0.4 is 5.32 Å². The van der Waals surface area contributed by atoms with E-state index in [1.54, 1.807) is 6.20 Å². The molecule has 0 aliphatic heterocycles. The van der Waals surface area contributed by atoms with Crippen molar-refractivity contribution >= 4 is 5.91 Å². The van der Waals surface area contributed by atoms with Gasteiger partial charge in [0.2, 0.25) is 17.6 Å². The molecule has 0 saturated heterocycles. The number of nitrogens with zero attached hydrogens (tertiary/aromatic N) is 5. The van der Waals surface area contributed by atoms with E-state index in [-0.39, 0.29) is 12.5 Å². The third kappa shape index (κ3) is 4.78. The standard InChI is InChI=1S/C19H24N6O2/c1-4-5-14-6-8-15(9-7-14)17-22-24-25(23-17)13-19(2,3)18(26)21-12-16-20-10-11-27-16/h6-11H,4-5,12-13H2,1-3H3,(H,21,26). The number of nitrogens with one attached hydrogen (secondary N) is 1. The molecule has 27 heavy (non-hydrogen) atoms. The van der Waals surface area contributed by atoms with E-state index in [1.165, 1.54) is 16.6 Å². The molecular formula is C19H24N6O2. The first-order valence-electron chi connectivity index (χ1n) is 9.02. The monoisotopic (exact) mass is 368 g/mol. The van der Waals surface area contributed by atoms with Crippen LogP contribution in [0.3, 0.4) is 0 Å². The van der Waals surface area contributed by atoms with Gasteiger partial charge in [0.1, 0.15) is 6.26 Å². The average molecular weight is 368 g/mol. The van der Waals surface area contributed by atoms with Gasteiger partial charge >= 0.3 is 0 Å². The number of carbonyl (C=O) groups excluding carboxylic acids is 1. The number of hydrogen-bond donors (Lipinski definition) is 1. The van der Waals surface area contributed by atoms with Gasteiger partial charge in [0.25, 0.3) is 0 Å². The summed E-state index contributed by atoms with van der Waals surface area (Å²) in [4.78, 5) is 17.9. The van der Waals surface area contributed by atoms with Gasteiger partial charge in [-0.3, -0.25) is 4.79 Å². The lowest BCUT2D eigenvalue weighted by Gasteiger charge is -2.21. The fourth-order valence-corrected chi connectivity index (χ4v) is 2.70. The van der Waals surface area contributed by atoms with Gasteiger partial charge in [0, 0.05) is 5.56 Å². The van der Waals surface area contributed by atoms with Gasteiger partial charge in [-0.05, 0) is 31.0 Å². The first-order valence-corrected chi connectivity index (χ1v) is 9.02. The van der Waals surface area contributed by atoms with Gasteiger partial charge in [-0.1, -0.05) is 37.6 Å². The summed E-state index contributed by atoms with van der Waals surface area (Å²) >= 11 is 0. The SMILES string of the molecule is CCCc1ccc(-c2nnn(CC(C)(C)C(=O)NCc3ncco3)n2)cc1. The zero-order valence-corrected chi connectivity index (χ0v) is 15.8. The molecule has 8 nitrogen and oxygen atoms in total. The van der Waals surface area contributed by atoms with Crippen molar-refractivity contribution < 1.29 is 9.21 Å². The van der Waals surface area contributed by atoms with Gasteiger partial charge in [-0.15, -0.1) is 10.2 Å². The second-order valence-corrected chi connectivity index (χ2v) is 7.08. The van der Waals surface area contributed by atoms with Gasteiger partial charge in [0.15, 0.2) is 0 Å². The molecule has 0 fully saturated rings. The third-order valence-electron chi connectivity index (χ3n) is 4.24. The van der Waals surface area contributed by atoms with Crippen LogP contribution in [0.25, 0.3) is 11.4 Å². The van der Waals surface area contributed by atoms with E-state index in [4.69, 9.17) is 4.42 Å². The molecule has 0 bridgehead atoms. The number of tetrazole rings is 1. The van der Waals surface area contributed by atoms with Gasteiger partial charge < -0.3 is 9.73 Å². The van der Waals surface area contributed by atoms with Crippen molar-refractivity contribution in [3.63, 3.8) is 0 Å². The Balaban J connectivity index is 1.62. The van der Waals surface area contributed by atoms with Crippen molar-refractivity contribution in [1.29, 1.82) is 0 Å². The Morgan fingerprint density at radius 1 is 1.26 bits per heavy atom. The largest absolute Gasteiger partial charge is 0.447 e. The number of carbonyl (C=O) groups is 1. The molecule has 0 aliphatic rings. The molecule has 0 radical (unpaired) electrons. The highest BCUT2D eigenvalue weighted by atomic mass is 16.3. The van der Waals surface area contributed by atoms with Crippen LogP contribution in [0.5, 0.6) is 0 Å². The van der Waals surface area contributed by atoms with Crippen LogP contribution in [0, 0.1) is 5.41 Å². The van der Waals surface area contributed by atoms with Crippen LogP contribution in [-0.2, 0) is 24.3 Å². The Hall–Kier alpha value is -3.03. The molecule has 0 spiro atoms. The highest BCUT2D eigenvalue weighted by Gasteiger charge is 2.29. The molecule has 1 amide bonds. The van der Waals surface area contributed by atoms with Crippen LogP contribution in [0.2, 0.25) is 0 Å². The maximum atomic E-state index is 12.5. The molecule has 2 aromatic heterocycles. The summed E-state index contributed by atoms with van der Waals surface area (Å²) in [5.41, 5.74) is 1.49. The molecule has 1 aromatic carbocycles. The molecule has 0 aliphatic carbocycles. The first kappa shape index (κ1) is 18.8. The summed E-state index contributed by atoms with van der Waals surface area (Å²) in [6, 6.07) is 8.17. The number of amides is 1. The Morgan fingerprint density at radius 3 is 2.70 bits per heavy atom. The second-order valence-electron chi connectivity index (χ2n) is 7.08. The van der Waals surface area contributed by atoms with Crippen LogP contribution in [0.15, 0.2) is 41.1 Å². The zero-order chi connectivity index (χ0) is 19.3. The normalized spacial score (nSPS) is 11.5. The highest BCUT2D eigenvalue weighted by molar-refractivity contribution is 5.81. The number of rotatable bonds is 8. The van der Waals surface area contributed by atoms with Crippen LogP contribution in [0.1, 0.15) is 38.6 Å². The number of hydrogen-bond acceptors (Lipinski definition) is 6. The quantitative estimate of drug-likeness (QED) is 0.656. The Labute approximate surface area is 158 Å². The van der Waals surface area contributed by atoms with E-state index in [0.29, 0.717) is 18.3 Å². The van der Waals surface area contributed by atoms with E-state index in [2.05, 4.69) is 44.8 Å². The van der Waals surface area contributed by atoms with Gasteiger partial charge in [-0.25, -0.2) is 4.98 Å². The third-order valence-corrected chi connectivity index (χ3v) is 4.24. The maximum Gasteiger partial charge on any atom is 0.228 e. The van der Waals surface area contributed by atoms with E-state index >= 15 is 0 Å². The molecule has 3 rings (SSSR count). The van der Waals surface area contributed by atoms with Crippen molar-refractivity contribution in [2.45, 2.75) is 46.7 Å². The Bertz CT molecular complexity index is 868. The molecule has 142 valence electrons. The molecule has 0 unspecified atom stereocenters. The smallest absolute Gasteiger partial charge is 0.228 e. The van der Waals surface area contributed by atoms with E-state index in [1.807, 2.05) is 26.0 Å². The highest BCUT2D eigenvalue weighted by Crippen LogP contribution is 2.20. The minimum Gasteiger partial charge on any atom is -0.447 e. The van der Waals surface area contributed by atoms with E-state index < -0.39 is 5.41 Å². The predicted octanol–water partition coefficient (Wildman–Crippen LogP) is 2.62. The fraction of sp³-hybridized carbons (Fsp3) is 0.421. The van der Waals surface area contributed by atoms with Crippen LogP contribution in [0.4, 0.5) is 0 Å². The van der Waals surface area contributed by atoms with E-state index in [9.17, 15) is 4.79 Å². The summed E-state index contributed by atoms with van der Waals surface area (Å²) in [5, 5.41) is 15.4. The summed E-state index contributed by atoms with van der Waals surface area (Å²) in [7, 11) is 0. The minimum atomic E-state index is -0.713. The predicted molar refractivity (Wildman–Crippen MR) is 99.4 cm³/mol. The van der Waals surface area contributed by atoms with Crippen molar-refractivity contribution in [1.82, 2.24) is 30.5 Å². The lowest BCUT2D eigenvalue weighted by molar-refractivity contribution is -0.130. The topological polar surface area (TPSA) is 98.7 Å². The summed E-state index contributed by atoms with van der Waals surface area (Å²) in [5.74, 6) is 0.879. The fourth-order valence-electron chi connectivity index (χ4n) is 2.70. The van der Waals surface area contributed by atoms with Gasteiger partial charge in [-0.2, -0.15) is 4.80 Å². The maximum absolute atomic E-state index is 12.5. The first-order chi connectivity index (χ1) is 13.0. The van der Waals surface area contributed by atoms with Gasteiger partial charge in [0.05, 0.1) is 24.7 Å². The molecule has 0 atom stereocenters. The number of aryl methyl sites for hydroxylation is 1. The lowest BCUT2D eigenvalue weighted by atomic mass is 9.92. The number of benzene rings is 1. The Kier molecular flexibility index (Phi) is 5.63. The lowest BCUT2D eigenvalue weighted by Crippen LogP contribution is -2.39. The van der Waals surface area contributed by atoms with Crippen LogP contribution >= 0.6 is 0 Å². The van der Waals surface area contributed by atoms with Crippen molar-refractivity contribution in [2.24, 2.45) is 5.41 Å². The molecular weight excluding hydrogens is 344 g/mol. The molecule has 8 heteroatoms. The summed E-state index contributed by atoms with van der Waals surface area (Å²) in [6.45, 7) is 6.38. The van der Waals surface area contributed by atoms with Crippen LogP contribution in [-0.4, -0.2) is 31.1 Å². The molecule has 2 heterocycles. The second kappa shape index (κ2) is 8.11. The number of aromatic nitrogens is 5. The zero-order valence-electron chi connectivity index (χ0n) is 15.8. The molecule has 3 aromatic rings. The average Bonchev–Trinajstić information content (AvgIpc) is 3.32.